The van der Waals surface area contributed by atoms with Crippen molar-refractivity contribution >= 4 is 17.2 Å². The highest BCUT2D eigenvalue weighted by molar-refractivity contribution is 5.71. The molecule has 0 aromatic carbocycles. The van der Waals surface area contributed by atoms with E-state index in [1.807, 2.05) is 19.1 Å². The van der Waals surface area contributed by atoms with Crippen LogP contribution in [0.5, 0.6) is 0 Å². The lowest BCUT2D eigenvalue weighted by Gasteiger charge is -1.92. The molecule has 4 nitrogen and oxygen atoms in total. The summed E-state index contributed by atoms with van der Waals surface area (Å²) >= 11 is 0. The third-order valence-corrected chi connectivity index (χ3v) is 1.89. The molecule has 0 amide bonds. The zero-order chi connectivity index (χ0) is 9.97. The quantitative estimate of drug-likeness (QED) is 0.670. The van der Waals surface area contributed by atoms with E-state index in [0.717, 1.165) is 5.39 Å². The van der Waals surface area contributed by atoms with E-state index in [1.165, 1.54) is 4.57 Å². The fraction of sp³-hybridized carbons (Fsp3) is 0.100. The van der Waals surface area contributed by atoms with Crippen LogP contribution in [0.4, 0.5) is 0 Å². The predicted molar refractivity (Wildman–Crippen MR) is 53.6 cm³/mol. The maximum Gasteiger partial charge on any atom is 0.502 e. The van der Waals surface area contributed by atoms with Crippen LogP contribution in [0.25, 0.3) is 17.2 Å². The van der Waals surface area contributed by atoms with Crippen molar-refractivity contribution in [3.63, 3.8) is 0 Å². The Labute approximate surface area is 80.5 Å². The van der Waals surface area contributed by atoms with Crippen LogP contribution in [0.2, 0.25) is 0 Å². The first kappa shape index (κ1) is 8.62. The molecule has 0 spiro atoms. The maximum atomic E-state index is 11.4. The van der Waals surface area contributed by atoms with Crippen molar-refractivity contribution in [1.29, 1.82) is 0 Å². The lowest BCUT2D eigenvalue weighted by molar-refractivity contribution is -0.586. The van der Waals surface area contributed by atoms with Crippen molar-refractivity contribution in [3.05, 3.63) is 41.1 Å². The van der Waals surface area contributed by atoms with Gasteiger partial charge >= 0.3 is 5.69 Å². The van der Waals surface area contributed by atoms with Crippen LogP contribution in [0, 0.1) is 0 Å². The van der Waals surface area contributed by atoms with Crippen LogP contribution in [0.1, 0.15) is 6.92 Å². The predicted octanol–water partition coefficient (Wildman–Crippen LogP) is 0.701. The Morgan fingerprint density at radius 2 is 2.43 bits per heavy atom. The first-order valence-electron chi connectivity index (χ1n) is 4.33. The molecule has 2 rings (SSSR count). The van der Waals surface area contributed by atoms with Crippen LogP contribution in [0.15, 0.2) is 35.4 Å². The number of fused-ring (bicyclic) bond motifs is 1. The highest BCUT2D eigenvalue weighted by atomic mass is 16.1. The summed E-state index contributed by atoms with van der Waals surface area (Å²) in [6.45, 7) is 1.86. The molecule has 2 heterocycles. The number of H-pyrrole nitrogens is 1. The van der Waals surface area contributed by atoms with Crippen molar-refractivity contribution in [3.8, 4) is 0 Å². The summed E-state index contributed by atoms with van der Waals surface area (Å²) in [5, 5.41) is 0.908. The van der Waals surface area contributed by atoms with E-state index in [4.69, 9.17) is 0 Å². The van der Waals surface area contributed by atoms with E-state index in [0.29, 0.717) is 5.65 Å². The summed E-state index contributed by atoms with van der Waals surface area (Å²) in [5.41, 5.74) is 0.424. The molecular formula is C10H10N3O+. The van der Waals surface area contributed by atoms with E-state index >= 15 is 0 Å². The van der Waals surface area contributed by atoms with Gasteiger partial charge in [-0.2, -0.15) is 14.3 Å². The molecule has 14 heavy (non-hydrogen) atoms. The standard InChI is InChI=1S/C10H9N3O/c1-2-6-13-7-8-4-3-5-11-9(8)12-10(13)14/h2-7H,1H3/p+1. The second kappa shape index (κ2) is 3.41. The minimum Gasteiger partial charge on any atom is -0.217 e. The molecule has 0 fully saturated rings. The van der Waals surface area contributed by atoms with Crippen LogP contribution in [-0.4, -0.2) is 9.97 Å². The van der Waals surface area contributed by atoms with Gasteiger partial charge in [0.25, 0.3) is 0 Å². The van der Waals surface area contributed by atoms with Gasteiger partial charge in [-0.1, -0.05) is 0 Å². The van der Waals surface area contributed by atoms with Gasteiger partial charge in [0.2, 0.25) is 5.65 Å². The van der Waals surface area contributed by atoms with Gasteiger partial charge in [-0.15, -0.1) is 0 Å². The molecule has 0 aliphatic rings. The molecule has 0 aliphatic carbocycles. The van der Waals surface area contributed by atoms with Gasteiger partial charge in [0.05, 0.1) is 11.6 Å². The molecule has 0 radical (unpaired) electrons. The normalized spacial score (nSPS) is 11.2. The average molecular weight is 188 g/mol. The van der Waals surface area contributed by atoms with Gasteiger partial charge in [0.15, 0.2) is 0 Å². The van der Waals surface area contributed by atoms with Crippen LogP contribution >= 0.6 is 0 Å². The lowest BCUT2D eigenvalue weighted by Crippen LogP contribution is -2.45. The number of aromatic nitrogens is 3. The topological polar surface area (TPSA) is 49.6 Å². The van der Waals surface area contributed by atoms with E-state index in [2.05, 4.69) is 9.97 Å². The van der Waals surface area contributed by atoms with Gasteiger partial charge in [0.1, 0.15) is 6.20 Å². The Kier molecular flexibility index (Phi) is 2.10. The minimum absolute atomic E-state index is 0.186. The molecule has 1 N–H and O–H groups in total. The molecular weight excluding hydrogens is 178 g/mol. The van der Waals surface area contributed by atoms with Crippen molar-refractivity contribution in [1.82, 2.24) is 9.97 Å². The van der Waals surface area contributed by atoms with Crippen molar-refractivity contribution in [2.45, 2.75) is 6.92 Å². The number of allylic oxidation sites excluding steroid dienone is 1. The summed E-state index contributed by atoms with van der Waals surface area (Å²) in [6, 6.07) is 3.74. The van der Waals surface area contributed by atoms with E-state index in [9.17, 15) is 4.79 Å². The van der Waals surface area contributed by atoms with E-state index < -0.39 is 0 Å². The Hall–Kier alpha value is -1.97. The van der Waals surface area contributed by atoms with E-state index in [-0.39, 0.29) is 5.69 Å². The van der Waals surface area contributed by atoms with Gasteiger partial charge in [-0.25, -0.2) is 4.98 Å². The second-order valence-electron chi connectivity index (χ2n) is 2.89. The molecule has 0 atom stereocenters. The first-order chi connectivity index (χ1) is 6.81. The number of pyridine rings is 1. The zero-order valence-corrected chi connectivity index (χ0v) is 7.77. The number of nitrogens with zero attached hydrogens (tertiary/aromatic N) is 2. The molecule has 0 saturated carbocycles. The molecule has 4 heteroatoms. The van der Waals surface area contributed by atoms with Gasteiger partial charge in [0, 0.05) is 6.20 Å². The largest absolute Gasteiger partial charge is 0.502 e. The molecule has 70 valence electrons. The molecule has 0 aliphatic heterocycles. The molecule has 0 unspecified atom stereocenters. The number of rotatable bonds is 1. The van der Waals surface area contributed by atoms with Crippen molar-refractivity contribution in [2.75, 3.05) is 0 Å². The molecule has 0 saturated heterocycles. The molecule has 0 bridgehead atoms. The van der Waals surface area contributed by atoms with Gasteiger partial charge in [-0.05, 0) is 25.1 Å². The van der Waals surface area contributed by atoms with Crippen LogP contribution in [0.3, 0.4) is 0 Å². The summed E-state index contributed by atoms with van der Waals surface area (Å²) < 4.78 is 1.49. The smallest absolute Gasteiger partial charge is 0.217 e. The highest BCUT2D eigenvalue weighted by Crippen LogP contribution is 2.01. The minimum atomic E-state index is -0.186. The highest BCUT2D eigenvalue weighted by Gasteiger charge is 2.05. The molecule has 2 aromatic rings. The Bertz CT molecular complexity index is 542. The van der Waals surface area contributed by atoms with Gasteiger partial charge < -0.3 is 0 Å². The van der Waals surface area contributed by atoms with E-state index in [1.54, 1.807) is 24.7 Å². The number of hydrogen-bond acceptors (Lipinski definition) is 2. The lowest BCUT2D eigenvalue weighted by atomic mass is 10.3. The third kappa shape index (κ3) is 1.42. The number of hydrogen-bond donors (Lipinski definition) is 1. The third-order valence-electron chi connectivity index (χ3n) is 1.89. The second-order valence-corrected chi connectivity index (χ2v) is 2.89. The number of nitrogens with one attached hydrogen (secondary N) is 1. The summed E-state index contributed by atoms with van der Waals surface area (Å²) in [5.74, 6) is 0. The summed E-state index contributed by atoms with van der Waals surface area (Å²) in [7, 11) is 0. The summed E-state index contributed by atoms with van der Waals surface area (Å²) in [6.07, 6.45) is 6.90. The summed E-state index contributed by atoms with van der Waals surface area (Å²) in [4.78, 5) is 18.2. The first-order valence-corrected chi connectivity index (χ1v) is 4.33. The Morgan fingerprint density at radius 1 is 1.57 bits per heavy atom. The van der Waals surface area contributed by atoms with Crippen molar-refractivity contribution < 1.29 is 4.57 Å². The molecule has 2 aromatic heterocycles. The SMILES string of the molecule is CC=C[n+]1cc2cccnc2[nH]c1=O. The number of aromatic amines is 1. The monoisotopic (exact) mass is 188 g/mol. The van der Waals surface area contributed by atoms with Crippen LogP contribution in [-0.2, 0) is 0 Å². The maximum absolute atomic E-state index is 11.4. The fourth-order valence-corrected chi connectivity index (χ4v) is 1.27. The Balaban J connectivity index is 2.77. The zero-order valence-electron chi connectivity index (χ0n) is 7.77. The van der Waals surface area contributed by atoms with Crippen molar-refractivity contribution in [2.24, 2.45) is 0 Å². The Morgan fingerprint density at radius 3 is 3.21 bits per heavy atom. The average Bonchev–Trinajstić information content (AvgIpc) is 2.19. The van der Waals surface area contributed by atoms with Gasteiger partial charge in [-0.3, -0.25) is 0 Å². The fourth-order valence-electron chi connectivity index (χ4n) is 1.27. The van der Waals surface area contributed by atoms with Crippen LogP contribution < -0.4 is 10.3 Å².